The average Bonchev–Trinajstić information content (AvgIpc) is 3.08. The Morgan fingerprint density at radius 3 is 3.33 bits per heavy atom. The molecule has 1 aliphatic heterocycles. The molecule has 1 atom stereocenters. The highest BCUT2D eigenvalue weighted by molar-refractivity contribution is 7.13. The van der Waals surface area contributed by atoms with Crippen molar-refractivity contribution >= 4 is 22.4 Å². The molecule has 2 aromatic rings. The summed E-state index contributed by atoms with van der Waals surface area (Å²) in [6.45, 7) is 2.26. The van der Waals surface area contributed by atoms with Crippen molar-refractivity contribution in [1.82, 2.24) is 24.6 Å². The topological polar surface area (TPSA) is 75.9 Å². The fourth-order valence-corrected chi connectivity index (χ4v) is 3.18. The first-order chi connectivity index (χ1) is 10.2. The quantitative estimate of drug-likeness (QED) is 0.887. The number of aryl methyl sites for hydroxylation is 1. The van der Waals surface area contributed by atoms with Crippen molar-refractivity contribution in [2.75, 3.05) is 25.5 Å². The summed E-state index contributed by atoms with van der Waals surface area (Å²) in [4.78, 5) is 18.3. The molecule has 1 N–H and O–H groups in total. The molecule has 0 saturated heterocycles. The molecule has 112 valence electrons. The van der Waals surface area contributed by atoms with Crippen molar-refractivity contribution in [2.24, 2.45) is 5.92 Å². The Hall–Kier alpha value is -1.80. The zero-order valence-corrected chi connectivity index (χ0v) is 12.7. The average molecular weight is 306 g/mol. The highest BCUT2D eigenvalue weighted by Gasteiger charge is 2.20. The summed E-state index contributed by atoms with van der Waals surface area (Å²) in [5.41, 5.74) is 1.60. The van der Waals surface area contributed by atoms with Crippen molar-refractivity contribution in [1.29, 1.82) is 0 Å². The van der Waals surface area contributed by atoms with E-state index in [0.29, 0.717) is 17.6 Å². The van der Waals surface area contributed by atoms with Gasteiger partial charge in [-0.15, -0.1) is 10.2 Å². The second-order valence-corrected chi connectivity index (χ2v) is 6.22. The van der Waals surface area contributed by atoms with Gasteiger partial charge < -0.3 is 4.57 Å². The van der Waals surface area contributed by atoms with Gasteiger partial charge in [-0.3, -0.25) is 15.0 Å². The van der Waals surface area contributed by atoms with E-state index in [9.17, 15) is 4.79 Å². The number of nitrogens with one attached hydrogen (secondary N) is 1. The molecular weight excluding hydrogens is 288 g/mol. The van der Waals surface area contributed by atoms with Crippen LogP contribution in [0.25, 0.3) is 0 Å². The minimum absolute atomic E-state index is 0.0478. The van der Waals surface area contributed by atoms with E-state index in [4.69, 9.17) is 0 Å². The van der Waals surface area contributed by atoms with Crippen molar-refractivity contribution < 1.29 is 4.79 Å². The van der Waals surface area contributed by atoms with Crippen molar-refractivity contribution in [2.45, 2.75) is 19.4 Å². The normalized spacial score (nSPS) is 17.7. The first-order valence-corrected chi connectivity index (χ1v) is 7.83. The maximum absolute atomic E-state index is 11.9. The summed E-state index contributed by atoms with van der Waals surface area (Å²) in [6.07, 6.45) is 6.03. The van der Waals surface area contributed by atoms with Crippen LogP contribution in [0.4, 0.5) is 5.13 Å². The van der Waals surface area contributed by atoms with Gasteiger partial charge in [-0.1, -0.05) is 11.3 Å². The number of carbonyl (C=O) groups excluding carboxylic acids is 1. The van der Waals surface area contributed by atoms with Gasteiger partial charge in [0.25, 0.3) is 0 Å². The van der Waals surface area contributed by atoms with Crippen LogP contribution in [0.15, 0.2) is 17.9 Å². The molecule has 21 heavy (non-hydrogen) atoms. The molecule has 7 nitrogen and oxygen atoms in total. The number of hydrogen-bond donors (Lipinski definition) is 1. The Labute approximate surface area is 127 Å². The van der Waals surface area contributed by atoms with E-state index in [0.717, 1.165) is 25.9 Å². The van der Waals surface area contributed by atoms with Crippen LogP contribution in [0.3, 0.4) is 0 Å². The van der Waals surface area contributed by atoms with E-state index in [2.05, 4.69) is 30.0 Å². The molecule has 2 aromatic heterocycles. The zero-order chi connectivity index (χ0) is 14.7. The van der Waals surface area contributed by atoms with Gasteiger partial charge in [-0.2, -0.15) is 0 Å². The molecule has 3 heterocycles. The first kappa shape index (κ1) is 14.2. The Morgan fingerprint density at radius 1 is 1.62 bits per heavy atom. The molecule has 8 heteroatoms. The van der Waals surface area contributed by atoms with E-state index in [1.807, 2.05) is 19.4 Å². The summed E-state index contributed by atoms with van der Waals surface area (Å²) in [5, 5.41) is 10.8. The van der Waals surface area contributed by atoms with Gasteiger partial charge in [0, 0.05) is 31.9 Å². The SMILES string of the molecule is CN(CC(=O)Nc1nncs1)C[C@H]1CCc2nccn2C1. The summed E-state index contributed by atoms with van der Waals surface area (Å²) >= 11 is 1.32. The zero-order valence-electron chi connectivity index (χ0n) is 11.9. The number of aromatic nitrogens is 4. The monoisotopic (exact) mass is 306 g/mol. The second kappa shape index (κ2) is 6.31. The van der Waals surface area contributed by atoms with Crippen LogP contribution in [0.2, 0.25) is 0 Å². The smallest absolute Gasteiger partial charge is 0.240 e. The lowest BCUT2D eigenvalue weighted by molar-refractivity contribution is -0.117. The third-order valence-electron chi connectivity index (χ3n) is 3.62. The summed E-state index contributed by atoms with van der Waals surface area (Å²) in [6, 6.07) is 0. The van der Waals surface area contributed by atoms with E-state index in [1.165, 1.54) is 17.2 Å². The Kier molecular flexibility index (Phi) is 4.26. The number of amides is 1. The third-order valence-corrected chi connectivity index (χ3v) is 4.23. The van der Waals surface area contributed by atoms with Gasteiger partial charge in [-0.25, -0.2) is 4.98 Å². The van der Waals surface area contributed by atoms with Crippen LogP contribution >= 0.6 is 11.3 Å². The van der Waals surface area contributed by atoms with Crippen molar-refractivity contribution in [3.05, 3.63) is 23.7 Å². The largest absolute Gasteiger partial charge is 0.335 e. The Balaban J connectivity index is 1.46. The molecule has 3 rings (SSSR count). The minimum atomic E-state index is -0.0478. The summed E-state index contributed by atoms with van der Waals surface area (Å²) < 4.78 is 2.21. The van der Waals surface area contributed by atoms with Crippen molar-refractivity contribution in [3.63, 3.8) is 0 Å². The number of anilines is 1. The molecular formula is C13H18N6OS. The van der Waals surface area contributed by atoms with Gasteiger partial charge >= 0.3 is 0 Å². The molecule has 0 fully saturated rings. The molecule has 0 aliphatic carbocycles. The maximum Gasteiger partial charge on any atom is 0.240 e. The van der Waals surface area contributed by atoms with Gasteiger partial charge in [-0.05, 0) is 19.4 Å². The van der Waals surface area contributed by atoms with Crippen LogP contribution in [-0.2, 0) is 17.8 Å². The lowest BCUT2D eigenvalue weighted by Crippen LogP contribution is -2.36. The molecule has 1 aliphatic rings. The highest BCUT2D eigenvalue weighted by atomic mass is 32.1. The Bertz CT molecular complexity index is 596. The molecule has 0 spiro atoms. The molecule has 0 saturated carbocycles. The van der Waals surface area contributed by atoms with E-state index in [-0.39, 0.29) is 5.91 Å². The van der Waals surface area contributed by atoms with Crippen LogP contribution in [-0.4, -0.2) is 50.7 Å². The highest BCUT2D eigenvalue weighted by Crippen LogP contribution is 2.19. The van der Waals surface area contributed by atoms with E-state index >= 15 is 0 Å². The van der Waals surface area contributed by atoms with Crippen LogP contribution in [0.1, 0.15) is 12.2 Å². The lowest BCUT2D eigenvalue weighted by atomic mass is 9.99. The fourth-order valence-electron chi connectivity index (χ4n) is 2.72. The number of likely N-dealkylation sites (N-methyl/N-ethyl adjacent to an activating group) is 1. The number of imidazole rings is 1. The number of carbonyl (C=O) groups is 1. The van der Waals surface area contributed by atoms with Gasteiger partial charge in [0.1, 0.15) is 11.3 Å². The van der Waals surface area contributed by atoms with E-state index < -0.39 is 0 Å². The van der Waals surface area contributed by atoms with Crippen LogP contribution in [0, 0.1) is 5.92 Å². The predicted octanol–water partition coefficient (Wildman–Crippen LogP) is 0.867. The molecule has 0 radical (unpaired) electrons. The summed E-state index contributed by atoms with van der Waals surface area (Å²) in [7, 11) is 1.98. The van der Waals surface area contributed by atoms with Gasteiger partial charge in [0.2, 0.25) is 11.0 Å². The lowest BCUT2D eigenvalue weighted by Gasteiger charge is -2.27. The van der Waals surface area contributed by atoms with Gasteiger partial charge in [0.15, 0.2) is 0 Å². The molecule has 0 bridgehead atoms. The minimum Gasteiger partial charge on any atom is -0.335 e. The molecule has 0 aromatic carbocycles. The number of fused-ring (bicyclic) bond motifs is 1. The van der Waals surface area contributed by atoms with Crippen LogP contribution in [0.5, 0.6) is 0 Å². The predicted molar refractivity (Wildman–Crippen MR) is 80.1 cm³/mol. The number of nitrogens with zero attached hydrogens (tertiary/aromatic N) is 5. The summed E-state index contributed by atoms with van der Waals surface area (Å²) in [5.74, 6) is 1.68. The number of hydrogen-bond acceptors (Lipinski definition) is 6. The standard InChI is InChI=1S/C13H18N6OS/c1-18(8-12(20)16-13-17-15-9-21-13)6-10-2-3-11-14-4-5-19(11)7-10/h4-5,9-10H,2-3,6-8H2,1H3,(H,16,17,20)/t10-/m1/s1. The maximum atomic E-state index is 11.9. The molecule has 0 unspecified atom stereocenters. The first-order valence-electron chi connectivity index (χ1n) is 6.95. The second-order valence-electron chi connectivity index (χ2n) is 5.39. The Morgan fingerprint density at radius 2 is 2.52 bits per heavy atom. The fraction of sp³-hybridized carbons (Fsp3) is 0.538. The number of rotatable bonds is 5. The van der Waals surface area contributed by atoms with Crippen molar-refractivity contribution in [3.8, 4) is 0 Å². The van der Waals surface area contributed by atoms with Gasteiger partial charge in [0.05, 0.1) is 6.54 Å². The van der Waals surface area contributed by atoms with Crippen LogP contribution < -0.4 is 5.32 Å². The van der Waals surface area contributed by atoms with E-state index in [1.54, 1.807) is 5.51 Å². The molecule has 1 amide bonds. The third kappa shape index (κ3) is 3.64.